The first-order valence-electron chi connectivity index (χ1n) is 10.4. The second-order valence-corrected chi connectivity index (χ2v) is 8.74. The molecule has 8 heteroatoms. The van der Waals surface area contributed by atoms with Crippen LogP contribution in [0.4, 0.5) is 13.2 Å². The van der Waals surface area contributed by atoms with E-state index in [1.807, 2.05) is 42.6 Å². The lowest BCUT2D eigenvalue weighted by Gasteiger charge is -2.14. The van der Waals surface area contributed by atoms with Crippen LogP contribution >= 0.6 is 11.3 Å². The maximum absolute atomic E-state index is 12.7. The van der Waals surface area contributed by atoms with Gasteiger partial charge in [-0.2, -0.15) is 13.2 Å². The Morgan fingerprint density at radius 2 is 1.65 bits per heavy atom. The molecule has 0 aliphatic carbocycles. The van der Waals surface area contributed by atoms with Crippen LogP contribution in [-0.4, -0.2) is 11.1 Å². The predicted octanol–water partition coefficient (Wildman–Crippen LogP) is 7.01. The van der Waals surface area contributed by atoms with Gasteiger partial charge >= 0.3 is 12.1 Å². The van der Waals surface area contributed by atoms with Gasteiger partial charge in [0.1, 0.15) is 24.7 Å². The number of carboxylic acids is 1. The number of carboxylic acid groups (broad SMARTS) is 1. The fourth-order valence-corrected chi connectivity index (χ4v) is 4.51. The zero-order valence-corrected chi connectivity index (χ0v) is 19.0. The molecule has 34 heavy (non-hydrogen) atoms. The maximum atomic E-state index is 12.7. The standard InChI is InChI=1S/C26H21F3O4S/c1-16-10-21-19(11-25(30)31)15-34-24(21)12-23(16)33-14-18-4-2-3-5-22(18)32-13-17-6-8-20(9-7-17)26(27,28)29/h2-10,12,15H,11,13-14H2,1H3,(H,30,31). The third kappa shape index (κ3) is 5.51. The monoisotopic (exact) mass is 486 g/mol. The van der Waals surface area contributed by atoms with Gasteiger partial charge in [-0.15, -0.1) is 11.3 Å². The van der Waals surface area contributed by atoms with Gasteiger partial charge in [0.15, 0.2) is 0 Å². The lowest BCUT2D eigenvalue weighted by atomic mass is 10.1. The Hall–Kier alpha value is -3.52. The van der Waals surface area contributed by atoms with Gasteiger partial charge in [0, 0.05) is 10.3 Å². The van der Waals surface area contributed by atoms with Gasteiger partial charge in [0.05, 0.1) is 12.0 Å². The number of ether oxygens (including phenoxy) is 2. The Morgan fingerprint density at radius 3 is 2.35 bits per heavy atom. The molecule has 0 atom stereocenters. The van der Waals surface area contributed by atoms with E-state index in [0.29, 0.717) is 17.1 Å². The fourth-order valence-electron chi connectivity index (χ4n) is 3.54. The molecular weight excluding hydrogens is 465 g/mol. The quantitative estimate of drug-likeness (QED) is 0.291. The number of aryl methyl sites for hydroxylation is 1. The van der Waals surface area contributed by atoms with Crippen LogP contribution in [0.25, 0.3) is 10.1 Å². The molecule has 4 nitrogen and oxygen atoms in total. The minimum atomic E-state index is -4.37. The first-order valence-corrected chi connectivity index (χ1v) is 11.3. The third-order valence-corrected chi connectivity index (χ3v) is 6.32. The molecule has 0 aliphatic rings. The van der Waals surface area contributed by atoms with Crippen LogP contribution in [0.3, 0.4) is 0 Å². The van der Waals surface area contributed by atoms with Gasteiger partial charge in [0.25, 0.3) is 0 Å². The number of thiophene rings is 1. The Labute approximate surface area is 198 Å². The molecule has 0 spiro atoms. The van der Waals surface area contributed by atoms with Crippen molar-refractivity contribution in [3.05, 3.63) is 93.9 Å². The molecular formula is C26H21F3O4S. The lowest BCUT2D eigenvalue weighted by molar-refractivity contribution is -0.138. The van der Waals surface area contributed by atoms with Gasteiger partial charge in [-0.05, 0) is 64.7 Å². The van der Waals surface area contributed by atoms with Crippen molar-refractivity contribution in [3.8, 4) is 11.5 Å². The maximum Gasteiger partial charge on any atom is 0.416 e. The summed E-state index contributed by atoms with van der Waals surface area (Å²) in [6.07, 6.45) is -4.39. The molecule has 1 aromatic heterocycles. The van der Waals surface area contributed by atoms with Crippen LogP contribution in [0.15, 0.2) is 66.0 Å². The molecule has 0 bridgehead atoms. The molecule has 176 valence electrons. The molecule has 0 unspecified atom stereocenters. The van der Waals surface area contributed by atoms with E-state index in [0.717, 1.165) is 38.9 Å². The summed E-state index contributed by atoms with van der Waals surface area (Å²) in [5.41, 5.74) is 2.40. The van der Waals surface area contributed by atoms with Gasteiger partial charge < -0.3 is 14.6 Å². The third-order valence-electron chi connectivity index (χ3n) is 5.32. The number of aliphatic carboxylic acids is 1. The van der Waals surface area contributed by atoms with E-state index in [-0.39, 0.29) is 19.6 Å². The second kappa shape index (κ2) is 9.77. The van der Waals surface area contributed by atoms with Crippen LogP contribution in [-0.2, 0) is 30.6 Å². The van der Waals surface area contributed by atoms with E-state index in [4.69, 9.17) is 14.6 Å². The van der Waals surface area contributed by atoms with Crippen molar-refractivity contribution in [2.75, 3.05) is 0 Å². The van der Waals surface area contributed by atoms with Crippen LogP contribution < -0.4 is 9.47 Å². The van der Waals surface area contributed by atoms with Crippen molar-refractivity contribution in [2.45, 2.75) is 32.7 Å². The molecule has 0 amide bonds. The molecule has 0 saturated heterocycles. The van der Waals surface area contributed by atoms with Gasteiger partial charge in [-0.1, -0.05) is 30.3 Å². The average molecular weight is 487 g/mol. The highest BCUT2D eigenvalue weighted by atomic mass is 32.1. The molecule has 4 rings (SSSR count). The van der Waals surface area contributed by atoms with Crippen LogP contribution in [0.2, 0.25) is 0 Å². The minimum Gasteiger partial charge on any atom is -0.488 e. The predicted molar refractivity (Wildman–Crippen MR) is 124 cm³/mol. The number of fused-ring (bicyclic) bond motifs is 1. The van der Waals surface area contributed by atoms with Crippen molar-refractivity contribution < 1.29 is 32.5 Å². The van der Waals surface area contributed by atoms with Gasteiger partial charge in [-0.3, -0.25) is 4.79 Å². The highest BCUT2D eigenvalue weighted by Crippen LogP contribution is 2.34. The van der Waals surface area contributed by atoms with E-state index < -0.39 is 17.7 Å². The second-order valence-electron chi connectivity index (χ2n) is 7.83. The molecule has 1 N–H and O–H groups in total. The van der Waals surface area contributed by atoms with E-state index in [2.05, 4.69) is 0 Å². The van der Waals surface area contributed by atoms with Crippen molar-refractivity contribution in [2.24, 2.45) is 0 Å². The number of para-hydroxylation sites is 1. The smallest absolute Gasteiger partial charge is 0.416 e. The van der Waals surface area contributed by atoms with Crippen molar-refractivity contribution >= 4 is 27.4 Å². The van der Waals surface area contributed by atoms with Crippen LogP contribution in [0.5, 0.6) is 11.5 Å². The lowest BCUT2D eigenvalue weighted by Crippen LogP contribution is -2.05. The summed E-state index contributed by atoms with van der Waals surface area (Å²) in [4.78, 5) is 11.1. The number of rotatable bonds is 8. The van der Waals surface area contributed by atoms with Crippen molar-refractivity contribution in [1.82, 2.24) is 0 Å². The Kier molecular flexibility index (Phi) is 6.79. The topological polar surface area (TPSA) is 55.8 Å². The Bertz CT molecular complexity index is 1310. The molecule has 0 aliphatic heterocycles. The highest BCUT2D eigenvalue weighted by Gasteiger charge is 2.29. The zero-order valence-electron chi connectivity index (χ0n) is 18.2. The number of carbonyl (C=O) groups is 1. The summed E-state index contributed by atoms with van der Waals surface area (Å²) in [6, 6.07) is 16.1. The number of benzene rings is 3. The summed E-state index contributed by atoms with van der Waals surface area (Å²) in [5, 5.41) is 11.9. The Balaban J connectivity index is 1.45. The summed E-state index contributed by atoms with van der Waals surface area (Å²) in [6.45, 7) is 2.27. The summed E-state index contributed by atoms with van der Waals surface area (Å²) in [5.74, 6) is 0.403. The molecule has 3 aromatic carbocycles. The summed E-state index contributed by atoms with van der Waals surface area (Å²) in [7, 11) is 0. The Morgan fingerprint density at radius 1 is 0.941 bits per heavy atom. The van der Waals surface area contributed by atoms with E-state index in [1.54, 1.807) is 6.07 Å². The zero-order chi connectivity index (χ0) is 24.3. The van der Waals surface area contributed by atoms with Gasteiger partial charge in [-0.25, -0.2) is 0 Å². The number of alkyl halides is 3. The minimum absolute atomic E-state index is 0.0245. The summed E-state index contributed by atoms with van der Waals surface area (Å²) >= 11 is 1.47. The average Bonchev–Trinajstić information content (AvgIpc) is 3.17. The first kappa shape index (κ1) is 23.6. The molecule has 0 fully saturated rings. The normalized spacial score (nSPS) is 11.5. The van der Waals surface area contributed by atoms with E-state index in [9.17, 15) is 18.0 Å². The summed E-state index contributed by atoms with van der Waals surface area (Å²) < 4.78 is 51.1. The molecule has 1 heterocycles. The van der Waals surface area contributed by atoms with Gasteiger partial charge in [0.2, 0.25) is 0 Å². The molecule has 4 aromatic rings. The van der Waals surface area contributed by atoms with Crippen molar-refractivity contribution in [3.63, 3.8) is 0 Å². The molecule has 0 saturated carbocycles. The number of halogens is 3. The largest absolute Gasteiger partial charge is 0.488 e. The fraction of sp³-hybridized carbons (Fsp3) is 0.192. The number of hydrogen-bond acceptors (Lipinski definition) is 4. The van der Waals surface area contributed by atoms with E-state index in [1.165, 1.54) is 23.5 Å². The number of hydrogen-bond donors (Lipinski definition) is 1. The molecule has 0 radical (unpaired) electrons. The van der Waals surface area contributed by atoms with Crippen LogP contribution in [0, 0.1) is 6.92 Å². The van der Waals surface area contributed by atoms with E-state index >= 15 is 0 Å². The van der Waals surface area contributed by atoms with Crippen molar-refractivity contribution in [1.29, 1.82) is 0 Å². The SMILES string of the molecule is Cc1cc2c(CC(=O)O)csc2cc1OCc1ccccc1OCc1ccc(C(F)(F)F)cc1. The first-order chi connectivity index (χ1) is 16.2. The van der Waals surface area contributed by atoms with Crippen LogP contribution in [0.1, 0.15) is 27.8 Å². The highest BCUT2D eigenvalue weighted by molar-refractivity contribution is 7.17.